The molecule has 2 aromatic carbocycles. The van der Waals surface area contributed by atoms with E-state index in [4.69, 9.17) is 15.2 Å². The maximum atomic E-state index is 14.8. The van der Waals surface area contributed by atoms with Crippen LogP contribution in [0.15, 0.2) is 49.6 Å². The van der Waals surface area contributed by atoms with Gasteiger partial charge in [0.05, 0.1) is 18.4 Å². The first-order valence-electron chi connectivity index (χ1n) is 13.6. The maximum absolute atomic E-state index is 14.8. The molecular formula is C31H36F3N5O4. The number of carbonyl (C=O) groups is 2. The van der Waals surface area contributed by atoms with Gasteiger partial charge in [-0.3, -0.25) is 4.79 Å². The number of nitrogens with zero attached hydrogens (tertiary/aromatic N) is 3. The molecule has 3 N–H and O–H groups in total. The van der Waals surface area contributed by atoms with Gasteiger partial charge in [0.1, 0.15) is 35.9 Å². The largest absolute Gasteiger partial charge is 0.486 e. The second-order valence-corrected chi connectivity index (χ2v) is 10.9. The molecule has 0 aliphatic heterocycles. The van der Waals surface area contributed by atoms with Crippen LogP contribution in [0.5, 0.6) is 5.75 Å². The highest BCUT2D eigenvalue weighted by atomic mass is 19.1. The van der Waals surface area contributed by atoms with Crippen LogP contribution in [0.2, 0.25) is 0 Å². The molecule has 43 heavy (non-hydrogen) atoms. The summed E-state index contributed by atoms with van der Waals surface area (Å²) in [5, 5.41) is 2.61. The van der Waals surface area contributed by atoms with Crippen LogP contribution >= 0.6 is 0 Å². The fourth-order valence-corrected chi connectivity index (χ4v) is 4.07. The number of nitrogens with one attached hydrogen (secondary N) is 1. The normalized spacial score (nSPS) is 12.5. The molecule has 1 aliphatic rings. The third-order valence-corrected chi connectivity index (χ3v) is 6.37. The molecule has 2 amide bonds. The smallest absolute Gasteiger partial charge is 0.410 e. The molecule has 9 nitrogen and oxygen atoms in total. The lowest BCUT2D eigenvalue weighted by molar-refractivity contribution is 0.0278. The first-order valence-corrected chi connectivity index (χ1v) is 13.6. The molecule has 0 unspecified atom stereocenters. The molecule has 0 saturated heterocycles. The molecule has 230 valence electrons. The summed E-state index contributed by atoms with van der Waals surface area (Å²) in [4.78, 5) is 34.7. The van der Waals surface area contributed by atoms with E-state index in [1.165, 1.54) is 29.4 Å². The Morgan fingerprint density at radius 3 is 2.47 bits per heavy atom. The summed E-state index contributed by atoms with van der Waals surface area (Å²) in [7, 11) is 1.57. The molecular weight excluding hydrogens is 563 g/mol. The summed E-state index contributed by atoms with van der Waals surface area (Å²) < 4.78 is 50.7. The van der Waals surface area contributed by atoms with Crippen molar-refractivity contribution in [1.82, 2.24) is 14.9 Å². The van der Waals surface area contributed by atoms with Crippen molar-refractivity contribution < 1.29 is 32.2 Å². The lowest BCUT2D eigenvalue weighted by atomic mass is 10.0. The van der Waals surface area contributed by atoms with Crippen LogP contribution in [0, 0.1) is 18.6 Å². The van der Waals surface area contributed by atoms with Crippen LogP contribution < -0.4 is 15.8 Å². The average molecular weight is 600 g/mol. The van der Waals surface area contributed by atoms with Crippen LogP contribution in [0.4, 0.5) is 29.5 Å². The molecule has 1 heterocycles. The highest BCUT2D eigenvalue weighted by molar-refractivity contribution is 6.05. The standard InChI is InChI=1S/C29H33F2N5O4.C2H3F/c1-16-21(24-25(26(32)34-15-33-24)39-11-10-36(5)28(38)40-29(2,3)4)13-19(30)14-23(16)35-27(37)20-9-8-18(12-22(20)31)17-6-7-17;1-2-3/h8-9,12-15,17H,6-7,10-11H2,1-5H3,(H,35,37)(H2,32,33,34);2H,1H2. The van der Waals surface area contributed by atoms with Crippen molar-refractivity contribution in [3.05, 3.63) is 77.9 Å². The number of hydrogen-bond donors (Lipinski definition) is 2. The van der Waals surface area contributed by atoms with Gasteiger partial charge in [-0.05, 0) is 81.8 Å². The van der Waals surface area contributed by atoms with Gasteiger partial charge in [0.15, 0.2) is 11.6 Å². The van der Waals surface area contributed by atoms with Crippen molar-refractivity contribution in [3.8, 4) is 17.0 Å². The van der Waals surface area contributed by atoms with Crippen molar-refractivity contribution in [3.63, 3.8) is 0 Å². The molecule has 1 saturated carbocycles. The third kappa shape index (κ3) is 8.94. The van der Waals surface area contributed by atoms with E-state index in [2.05, 4.69) is 21.9 Å². The van der Waals surface area contributed by atoms with E-state index in [0.717, 1.165) is 24.5 Å². The molecule has 12 heteroatoms. The third-order valence-electron chi connectivity index (χ3n) is 6.37. The fraction of sp³-hybridized carbons (Fsp3) is 0.355. The number of carbonyl (C=O) groups excluding carboxylic acids is 2. The molecule has 0 bridgehead atoms. The molecule has 1 fully saturated rings. The molecule has 3 aromatic rings. The Labute approximate surface area is 248 Å². The highest BCUT2D eigenvalue weighted by Gasteiger charge is 2.26. The Morgan fingerprint density at radius 1 is 1.19 bits per heavy atom. The lowest BCUT2D eigenvalue weighted by Crippen LogP contribution is -2.36. The Hall–Kier alpha value is -4.61. The van der Waals surface area contributed by atoms with Gasteiger partial charge in [-0.2, -0.15) is 0 Å². The van der Waals surface area contributed by atoms with E-state index >= 15 is 0 Å². The quantitative estimate of drug-likeness (QED) is 0.293. The molecule has 0 radical (unpaired) electrons. The van der Waals surface area contributed by atoms with Gasteiger partial charge in [-0.15, -0.1) is 0 Å². The topological polar surface area (TPSA) is 120 Å². The van der Waals surface area contributed by atoms with Crippen LogP contribution in [0.1, 0.15) is 61.0 Å². The first kappa shape index (κ1) is 32.9. The number of benzene rings is 2. The fourth-order valence-electron chi connectivity index (χ4n) is 4.07. The van der Waals surface area contributed by atoms with Crippen molar-refractivity contribution in [2.75, 3.05) is 31.2 Å². The van der Waals surface area contributed by atoms with Gasteiger partial charge in [-0.1, -0.05) is 12.6 Å². The number of ether oxygens (including phenoxy) is 2. The van der Waals surface area contributed by atoms with Crippen LogP contribution in [0.25, 0.3) is 11.3 Å². The minimum Gasteiger partial charge on any atom is -0.486 e. The van der Waals surface area contributed by atoms with Gasteiger partial charge in [-0.25, -0.2) is 27.9 Å². The number of anilines is 2. The number of halogens is 3. The van der Waals surface area contributed by atoms with E-state index in [0.29, 0.717) is 17.0 Å². The van der Waals surface area contributed by atoms with Crippen molar-refractivity contribution in [2.24, 2.45) is 0 Å². The average Bonchev–Trinajstić information content (AvgIpc) is 3.76. The zero-order valence-electron chi connectivity index (χ0n) is 24.8. The summed E-state index contributed by atoms with van der Waals surface area (Å²) in [6, 6.07) is 6.95. The summed E-state index contributed by atoms with van der Waals surface area (Å²) in [5.74, 6) is -1.55. The summed E-state index contributed by atoms with van der Waals surface area (Å²) in [6.45, 7) is 9.84. The van der Waals surface area contributed by atoms with Gasteiger partial charge in [0, 0.05) is 18.3 Å². The Bertz CT molecular complexity index is 1490. The molecule has 1 aliphatic carbocycles. The van der Waals surface area contributed by atoms with E-state index in [1.54, 1.807) is 40.8 Å². The monoisotopic (exact) mass is 599 g/mol. The number of rotatable bonds is 8. The second kappa shape index (κ2) is 14.0. The molecule has 0 spiro atoms. The first-order chi connectivity index (χ1) is 20.2. The Balaban J connectivity index is 0.00000162. The highest BCUT2D eigenvalue weighted by Crippen LogP contribution is 2.40. The van der Waals surface area contributed by atoms with Crippen molar-refractivity contribution in [1.29, 1.82) is 0 Å². The van der Waals surface area contributed by atoms with Gasteiger partial charge >= 0.3 is 6.09 Å². The number of aromatic nitrogens is 2. The predicted molar refractivity (Wildman–Crippen MR) is 159 cm³/mol. The van der Waals surface area contributed by atoms with Gasteiger partial charge in [0.2, 0.25) is 0 Å². The maximum Gasteiger partial charge on any atom is 0.410 e. The number of likely N-dealkylation sites (N-methyl/N-ethyl adjacent to an activating group) is 1. The van der Waals surface area contributed by atoms with E-state index in [-0.39, 0.29) is 48.0 Å². The van der Waals surface area contributed by atoms with E-state index in [1.807, 2.05) is 0 Å². The second-order valence-electron chi connectivity index (χ2n) is 10.9. The molecule has 1 aromatic heterocycles. The zero-order chi connectivity index (χ0) is 31.9. The van der Waals surface area contributed by atoms with E-state index < -0.39 is 29.2 Å². The molecule has 0 atom stereocenters. The number of nitrogen functional groups attached to an aromatic ring is 1. The zero-order valence-corrected chi connectivity index (χ0v) is 24.8. The minimum absolute atomic E-state index is 0.0111. The van der Waals surface area contributed by atoms with Crippen LogP contribution in [-0.4, -0.2) is 52.7 Å². The minimum atomic E-state index is -0.705. The number of hydrogen-bond acceptors (Lipinski definition) is 7. The SMILES string of the molecule is C=CF.Cc1c(NC(=O)c2ccc(C3CC3)cc2F)cc(F)cc1-c1ncnc(N)c1OCCN(C)C(=O)OC(C)(C)C. The Kier molecular flexibility index (Phi) is 10.7. The van der Waals surface area contributed by atoms with Gasteiger partial charge < -0.3 is 25.4 Å². The molecule has 4 rings (SSSR count). The van der Waals surface area contributed by atoms with Crippen molar-refractivity contribution >= 4 is 23.5 Å². The summed E-state index contributed by atoms with van der Waals surface area (Å²) in [6.07, 6.45) is 2.96. The van der Waals surface area contributed by atoms with Crippen LogP contribution in [-0.2, 0) is 4.74 Å². The number of amides is 2. The summed E-state index contributed by atoms with van der Waals surface area (Å²) in [5.41, 5.74) is 7.23. The van der Waals surface area contributed by atoms with Crippen LogP contribution in [0.3, 0.4) is 0 Å². The predicted octanol–water partition coefficient (Wildman–Crippen LogP) is 6.79. The summed E-state index contributed by atoms with van der Waals surface area (Å²) >= 11 is 0. The Morgan fingerprint density at radius 2 is 1.86 bits per heavy atom. The lowest BCUT2D eigenvalue weighted by Gasteiger charge is -2.24. The number of nitrogens with two attached hydrogens (primary N) is 1. The van der Waals surface area contributed by atoms with E-state index in [9.17, 15) is 22.8 Å². The van der Waals surface area contributed by atoms with Gasteiger partial charge in [0.25, 0.3) is 5.91 Å². The van der Waals surface area contributed by atoms with Crippen molar-refractivity contribution in [2.45, 2.75) is 52.1 Å².